The number of rotatable bonds is 13. The number of unbranched alkanes of at least 4 members (excludes halogenated alkanes) is 1. The maximum atomic E-state index is 14.1. The first-order valence-electron chi connectivity index (χ1n) is 13.2. The number of carbonyl (C=O) groups is 2. The molecule has 2 amide bonds. The summed E-state index contributed by atoms with van der Waals surface area (Å²) in [6, 6.07) is 16.9. The Kier molecular flexibility index (Phi) is 11.5. The Morgan fingerprint density at radius 2 is 1.73 bits per heavy atom. The van der Waals surface area contributed by atoms with Crippen molar-refractivity contribution in [3.63, 3.8) is 0 Å². The number of halogens is 2. The molecule has 3 rings (SSSR count). The number of benzene rings is 3. The van der Waals surface area contributed by atoms with Gasteiger partial charge in [-0.1, -0.05) is 66.9 Å². The lowest BCUT2D eigenvalue weighted by Gasteiger charge is -2.32. The van der Waals surface area contributed by atoms with Gasteiger partial charge in [0.25, 0.3) is 10.0 Å². The Labute approximate surface area is 252 Å². The Balaban J connectivity index is 2.08. The molecule has 0 heterocycles. The van der Waals surface area contributed by atoms with Gasteiger partial charge in [-0.25, -0.2) is 8.42 Å². The molecule has 0 aliphatic rings. The maximum absolute atomic E-state index is 14.1. The van der Waals surface area contributed by atoms with E-state index in [0.29, 0.717) is 22.2 Å². The molecule has 3 aromatic carbocycles. The number of nitrogens with zero attached hydrogens (tertiary/aromatic N) is 2. The number of hydrogen-bond donors (Lipinski definition) is 1. The van der Waals surface area contributed by atoms with Crippen molar-refractivity contribution < 1.29 is 22.7 Å². The van der Waals surface area contributed by atoms with Crippen molar-refractivity contribution >= 4 is 50.7 Å². The molecule has 0 radical (unpaired) electrons. The zero-order chi connectivity index (χ0) is 30.2. The number of carbonyl (C=O) groups excluding carboxylic acids is 2. The van der Waals surface area contributed by atoms with Crippen molar-refractivity contribution in [2.45, 2.75) is 51.1 Å². The first kappa shape index (κ1) is 32.2. The summed E-state index contributed by atoms with van der Waals surface area (Å²) in [6.07, 6.45) is 1.67. The average molecular weight is 621 g/mol. The molecule has 0 fully saturated rings. The van der Waals surface area contributed by atoms with Crippen molar-refractivity contribution in [3.8, 4) is 5.75 Å². The fourth-order valence-electron chi connectivity index (χ4n) is 4.18. The summed E-state index contributed by atoms with van der Waals surface area (Å²) >= 11 is 12.5. The minimum absolute atomic E-state index is 0.00834. The quantitative estimate of drug-likeness (QED) is 0.243. The maximum Gasteiger partial charge on any atom is 0.264 e. The first-order chi connectivity index (χ1) is 19.5. The lowest BCUT2D eigenvalue weighted by atomic mass is 10.1. The highest BCUT2D eigenvalue weighted by atomic mass is 35.5. The smallest absolute Gasteiger partial charge is 0.264 e. The minimum Gasteiger partial charge on any atom is -0.495 e. The van der Waals surface area contributed by atoms with Crippen LogP contribution in [0.1, 0.15) is 37.8 Å². The zero-order valence-corrected chi connectivity index (χ0v) is 25.9. The van der Waals surface area contributed by atoms with Crippen LogP contribution in [0.5, 0.6) is 5.75 Å². The first-order valence-corrected chi connectivity index (χ1v) is 15.4. The van der Waals surface area contributed by atoms with Crippen LogP contribution in [0.25, 0.3) is 0 Å². The summed E-state index contributed by atoms with van der Waals surface area (Å²) in [4.78, 5) is 28.5. The molecule has 0 saturated heterocycles. The van der Waals surface area contributed by atoms with Gasteiger partial charge in [-0.15, -0.1) is 0 Å². The van der Waals surface area contributed by atoms with Crippen LogP contribution in [0.4, 0.5) is 5.69 Å². The number of anilines is 1. The van der Waals surface area contributed by atoms with Crippen LogP contribution >= 0.6 is 23.2 Å². The minimum atomic E-state index is -4.22. The van der Waals surface area contributed by atoms with Gasteiger partial charge in [0, 0.05) is 23.1 Å². The summed E-state index contributed by atoms with van der Waals surface area (Å²) in [5.41, 5.74) is 1.53. The van der Waals surface area contributed by atoms with Gasteiger partial charge in [0.15, 0.2) is 0 Å². The van der Waals surface area contributed by atoms with Crippen LogP contribution in [-0.2, 0) is 26.2 Å². The third-order valence-corrected chi connectivity index (χ3v) is 8.93. The highest BCUT2D eigenvalue weighted by molar-refractivity contribution is 7.92. The predicted molar refractivity (Wildman–Crippen MR) is 163 cm³/mol. The number of ether oxygens (including phenoxy) is 1. The number of amides is 2. The summed E-state index contributed by atoms with van der Waals surface area (Å²) in [5.74, 6) is -0.680. The Morgan fingerprint density at radius 3 is 2.37 bits per heavy atom. The SMILES string of the molecule is CCCCNC(=O)[C@H](C)N(Cc1ccc(Cl)cc1Cl)C(=O)CN(c1cc(C)ccc1OC)S(=O)(=O)c1ccccc1. The second-order valence-electron chi connectivity index (χ2n) is 9.58. The van der Waals surface area contributed by atoms with Crippen molar-refractivity contribution in [1.29, 1.82) is 0 Å². The highest BCUT2D eigenvalue weighted by Gasteiger charge is 2.34. The number of methoxy groups -OCH3 is 1. The van der Waals surface area contributed by atoms with Gasteiger partial charge in [-0.2, -0.15) is 0 Å². The van der Waals surface area contributed by atoms with E-state index in [1.54, 1.807) is 61.5 Å². The monoisotopic (exact) mass is 619 g/mol. The van der Waals surface area contributed by atoms with E-state index in [4.69, 9.17) is 27.9 Å². The number of sulfonamides is 1. The summed E-state index contributed by atoms with van der Waals surface area (Å²) < 4.78 is 34.5. The summed E-state index contributed by atoms with van der Waals surface area (Å²) in [7, 11) is -2.79. The lowest BCUT2D eigenvalue weighted by molar-refractivity contribution is -0.139. The van der Waals surface area contributed by atoms with E-state index in [-0.39, 0.29) is 28.8 Å². The van der Waals surface area contributed by atoms with Gasteiger partial charge in [0.2, 0.25) is 11.8 Å². The normalized spacial score (nSPS) is 12.0. The molecule has 220 valence electrons. The zero-order valence-electron chi connectivity index (χ0n) is 23.6. The Hall–Kier alpha value is -3.27. The molecule has 8 nitrogen and oxygen atoms in total. The Morgan fingerprint density at radius 1 is 1.02 bits per heavy atom. The third kappa shape index (κ3) is 8.15. The van der Waals surface area contributed by atoms with Crippen LogP contribution in [0.3, 0.4) is 0 Å². The molecule has 41 heavy (non-hydrogen) atoms. The van der Waals surface area contributed by atoms with Crippen LogP contribution < -0.4 is 14.4 Å². The fourth-order valence-corrected chi connectivity index (χ4v) is 6.09. The largest absolute Gasteiger partial charge is 0.495 e. The molecule has 3 aromatic rings. The third-order valence-electron chi connectivity index (χ3n) is 6.57. The van der Waals surface area contributed by atoms with Gasteiger partial charge >= 0.3 is 0 Å². The van der Waals surface area contributed by atoms with E-state index in [0.717, 1.165) is 22.7 Å². The van der Waals surface area contributed by atoms with Crippen LogP contribution in [-0.4, -0.2) is 51.4 Å². The lowest BCUT2D eigenvalue weighted by Crippen LogP contribution is -2.51. The van der Waals surface area contributed by atoms with E-state index in [9.17, 15) is 18.0 Å². The second-order valence-corrected chi connectivity index (χ2v) is 12.3. The van der Waals surface area contributed by atoms with Gasteiger partial charge in [-0.3, -0.25) is 13.9 Å². The van der Waals surface area contributed by atoms with Gasteiger partial charge in [0.05, 0.1) is 17.7 Å². The molecule has 0 bridgehead atoms. The summed E-state index contributed by atoms with van der Waals surface area (Å²) in [6.45, 7) is 5.26. The van der Waals surface area contributed by atoms with E-state index in [2.05, 4.69) is 5.32 Å². The van der Waals surface area contributed by atoms with Crippen molar-refractivity contribution in [2.24, 2.45) is 0 Å². The molecule has 0 aromatic heterocycles. The van der Waals surface area contributed by atoms with Crippen LogP contribution in [0.2, 0.25) is 10.0 Å². The molecule has 0 unspecified atom stereocenters. The van der Waals surface area contributed by atoms with Gasteiger partial charge in [0.1, 0.15) is 18.3 Å². The molecule has 0 aliphatic carbocycles. The topological polar surface area (TPSA) is 96.0 Å². The molecular weight excluding hydrogens is 585 g/mol. The fraction of sp³-hybridized carbons (Fsp3) is 0.333. The molecule has 1 atom stereocenters. The van der Waals surface area contributed by atoms with Crippen LogP contribution in [0, 0.1) is 6.92 Å². The standard InChI is InChI=1S/C30H35Cl2N3O5S/c1-5-6-16-33-30(37)22(3)34(19-23-13-14-24(31)18-26(23)32)29(36)20-35(27-17-21(2)12-15-28(27)40-4)41(38,39)25-10-8-7-9-11-25/h7-15,17-18,22H,5-6,16,19-20H2,1-4H3,(H,33,37)/t22-/m0/s1. The van der Waals surface area contributed by atoms with Crippen molar-refractivity contribution in [1.82, 2.24) is 10.2 Å². The number of aryl methyl sites for hydroxylation is 1. The van der Waals surface area contributed by atoms with E-state index in [1.807, 2.05) is 13.8 Å². The molecule has 0 spiro atoms. The Bertz CT molecular complexity index is 1470. The molecular formula is C30H35Cl2N3O5S. The second kappa shape index (κ2) is 14.6. The van der Waals surface area contributed by atoms with Gasteiger partial charge < -0.3 is 15.0 Å². The van der Waals surface area contributed by atoms with Crippen molar-refractivity contribution in [3.05, 3.63) is 87.9 Å². The number of nitrogens with one attached hydrogen (secondary N) is 1. The predicted octanol–water partition coefficient (Wildman–Crippen LogP) is 5.84. The molecule has 0 saturated carbocycles. The molecule has 11 heteroatoms. The highest BCUT2D eigenvalue weighted by Crippen LogP contribution is 2.34. The average Bonchev–Trinajstić information content (AvgIpc) is 2.95. The van der Waals surface area contributed by atoms with Crippen molar-refractivity contribution in [2.75, 3.05) is 24.5 Å². The number of hydrogen-bond acceptors (Lipinski definition) is 5. The van der Waals surface area contributed by atoms with E-state index in [1.165, 1.54) is 24.1 Å². The van der Waals surface area contributed by atoms with E-state index < -0.39 is 28.5 Å². The molecule has 1 N–H and O–H groups in total. The molecule has 0 aliphatic heterocycles. The van der Waals surface area contributed by atoms with Gasteiger partial charge in [-0.05, 0) is 67.8 Å². The van der Waals surface area contributed by atoms with E-state index >= 15 is 0 Å². The summed E-state index contributed by atoms with van der Waals surface area (Å²) in [5, 5.41) is 3.60. The van der Waals surface area contributed by atoms with Crippen LogP contribution in [0.15, 0.2) is 71.6 Å².